The van der Waals surface area contributed by atoms with Crippen LogP contribution in [0.15, 0.2) is 30.6 Å². The van der Waals surface area contributed by atoms with Gasteiger partial charge < -0.3 is 14.4 Å². The molecular weight excluding hydrogens is 240 g/mol. The molecule has 0 aliphatic carbocycles. The van der Waals surface area contributed by atoms with Crippen LogP contribution in [0.5, 0.6) is 5.75 Å². The highest BCUT2D eigenvalue weighted by Crippen LogP contribution is 2.26. The number of rotatable bonds is 5. The summed E-state index contributed by atoms with van der Waals surface area (Å²) in [5.74, 6) is 1.72. The molecule has 0 unspecified atom stereocenters. The van der Waals surface area contributed by atoms with Gasteiger partial charge in [0.1, 0.15) is 18.2 Å². The van der Waals surface area contributed by atoms with Crippen LogP contribution in [0.25, 0.3) is 0 Å². The van der Waals surface area contributed by atoms with Crippen molar-refractivity contribution >= 4 is 0 Å². The Morgan fingerprint density at radius 1 is 1.37 bits per heavy atom. The lowest BCUT2D eigenvalue weighted by Gasteiger charge is -2.14. The van der Waals surface area contributed by atoms with Gasteiger partial charge in [-0.2, -0.15) is 0 Å². The molecule has 19 heavy (non-hydrogen) atoms. The van der Waals surface area contributed by atoms with Crippen molar-refractivity contribution in [1.29, 1.82) is 0 Å². The van der Waals surface area contributed by atoms with Gasteiger partial charge in [-0.25, -0.2) is 4.98 Å². The molecule has 0 saturated heterocycles. The molecule has 1 aromatic carbocycles. The zero-order valence-corrected chi connectivity index (χ0v) is 11.6. The molecule has 2 rings (SSSR count). The Hall–Kier alpha value is -1.81. The highest BCUT2D eigenvalue weighted by atomic mass is 16.5. The smallest absolute Gasteiger partial charge is 0.125 e. The van der Waals surface area contributed by atoms with Crippen molar-refractivity contribution in [2.75, 3.05) is 6.61 Å². The SMILES string of the molecule is Cc1ccc(OCCn2ccnc2C)c([C@H](C)O)c1. The van der Waals surface area contributed by atoms with E-state index in [0.717, 1.165) is 29.2 Å². The lowest BCUT2D eigenvalue weighted by atomic mass is 10.1. The molecule has 0 radical (unpaired) electrons. The number of aromatic nitrogens is 2. The third-order valence-corrected chi connectivity index (χ3v) is 3.13. The average molecular weight is 260 g/mol. The van der Waals surface area contributed by atoms with Gasteiger partial charge in [-0.3, -0.25) is 0 Å². The standard InChI is InChI=1S/C15H20N2O2/c1-11-4-5-15(14(10-11)12(2)18)19-9-8-17-7-6-16-13(17)3/h4-7,10,12,18H,8-9H2,1-3H3/t12-/m0/s1. The Morgan fingerprint density at radius 3 is 2.79 bits per heavy atom. The largest absolute Gasteiger partial charge is 0.491 e. The lowest BCUT2D eigenvalue weighted by Crippen LogP contribution is -2.10. The summed E-state index contributed by atoms with van der Waals surface area (Å²) in [7, 11) is 0. The monoisotopic (exact) mass is 260 g/mol. The minimum atomic E-state index is -0.523. The molecule has 4 heteroatoms. The van der Waals surface area contributed by atoms with Crippen molar-refractivity contribution in [2.45, 2.75) is 33.4 Å². The lowest BCUT2D eigenvalue weighted by molar-refractivity contribution is 0.190. The van der Waals surface area contributed by atoms with Gasteiger partial charge in [0.15, 0.2) is 0 Å². The summed E-state index contributed by atoms with van der Waals surface area (Å²) in [6.45, 7) is 7.03. The maximum absolute atomic E-state index is 9.76. The number of aryl methyl sites for hydroxylation is 2. The van der Waals surface area contributed by atoms with Crippen molar-refractivity contribution in [3.63, 3.8) is 0 Å². The molecule has 0 aliphatic rings. The number of hydrogen-bond acceptors (Lipinski definition) is 3. The highest BCUT2D eigenvalue weighted by molar-refractivity contribution is 5.38. The van der Waals surface area contributed by atoms with Crippen LogP contribution >= 0.6 is 0 Å². The van der Waals surface area contributed by atoms with Gasteiger partial charge in [-0.15, -0.1) is 0 Å². The van der Waals surface area contributed by atoms with Gasteiger partial charge in [-0.05, 0) is 32.9 Å². The normalized spacial score (nSPS) is 12.4. The van der Waals surface area contributed by atoms with Gasteiger partial charge in [0, 0.05) is 18.0 Å². The van der Waals surface area contributed by atoms with Crippen molar-refractivity contribution in [3.05, 3.63) is 47.5 Å². The molecule has 1 heterocycles. The number of aliphatic hydroxyl groups is 1. The molecule has 0 amide bonds. The van der Waals surface area contributed by atoms with Crippen LogP contribution in [0.4, 0.5) is 0 Å². The second-order valence-corrected chi connectivity index (χ2v) is 4.73. The number of benzene rings is 1. The maximum Gasteiger partial charge on any atom is 0.125 e. The topological polar surface area (TPSA) is 47.3 Å². The van der Waals surface area contributed by atoms with Crippen molar-refractivity contribution in [2.24, 2.45) is 0 Å². The quantitative estimate of drug-likeness (QED) is 0.899. The molecule has 0 bridgehead atoms. The van der Waals surface area contributed by atoms with Crippen molar-refractivity contribution in [3.8, 4) is 5.75 Å². The fourth-order valence-corrected chi connectivity index (χ4v) is 2.02. The predicted molar refractivity (Wildman–Crippen MR) is 74.3 cm³/mol. The molecule has 102 valence electrons. The fraction of sp³-hybridized carbons (Fsp3) is 0.400. The summed E-state index contributed by atoms with van der Waals surface area (Å²) in [4.78, 5) is 4.17. The zero-order valence-electron chi connectivity index (χ0n) is 11.6. The second kappa shape index (κ2) is 5.89. The van der Waals surface area contributed by atoms with E-state index in [2.05, 4.69) is 4.98 Å². The number of ether oxygens (including phenoxy) is 1. The van der Waals surface area contributed by atoms with E-state index >= 15 is 0 Å². The molecule has 0 saturated carbocycles. The molecule has 1 N–H and O–H groups in total. The molecule has 1 atom stereocenters. The van der Waals surface area contributed by atoms with Gasteiger partial charge in [0.2, 0.25) is 0 Å². The molecule has 2 aromatic rings. The van der Waals surface area contributed by atoms with E-state index in [4.69, 9.17) is 4.74 Å². The third kappa shape index (κ3) is 3.35. The van der Waals surface area contributed by atoms with Gasteiger partial charge in [0.25, 0.3) is 0 Å². The number of hydrogen-bond donors (Lipinski definition) is 1. The molecule has 0 spiro atoms. The summed E-state index contributed by atoms with van der Waals surface area (Å²) < 4.78 is 7.81. The van der Waals surface area contributed by atoms with E-state index in [-0.39, 0.29) is 0 Å². The Bertz CT molecular complexity index is 547. The third-order valence-electron chi connectivity index (χ3n) is 3.13. The summed E-state index contributed by atoms with van der Waals surface area (Å²) >= 11 is 0. The van der Waals surface area contributed by atoms with Crippen LogP contribution in [-0.2, 0) is 6.54 Å². The molecule has 1 aromatic heterocycles. The first kappa shape index (κ1) is 13.6. The van der Waals surface area contributed by atoms with Crippen molar-refractivity contribution in [1.82, 2.24) is 9.55 Å². The summed E-state index contributed by atoms with van der Waals surface area (Å²) in [6.07, 6.45) is 3.19. The first-order chi connectivity index (χ1) is 9.08. The minimum absolute atomic E-state index is 0.523. The molecule has 0 aliphatic heterocycles. The van der Waals surface area contributed by atoms with Crippen LogP contribution in [0.3, 0.4) is 0 Å². The summed E-state index contributed by atoms with van der Waals surface area (Å²) in [5.41, 5.74) is 1.95. The van der Waals surface area contributed by atoms with Crippen molar-refractivity contribution < 1.29 is 9.84 Å². The summed E-state index contributed by atoms with van der Waals surface area (Å²) in [5, 5.41) is 9.76. The van der Waals surface area contributed by atoms with Crippen LogP contribution in [0.1, 0.15) is 30.0 Å². The number of aliphatic hydroxyl groups excluding tert-OH is 1. The highest BCUT2D eigenvalue weighted by Gasteiger charge is 2.09. The predicted octanol–water partition coefficient (Wildman–Crippen LogP) is 2.63. The average Bonchev–Trinajstić information content (AvgIpc) is 2.77. The van der Waals surface area contributed by atoms with E-state index in [1.807, 2.05) is 42.8 Å². The van der Waals surface area contributed by atoms with Crippen LogP contribution in [0, 0.1) is 13.8 Å². The van der Waals surface area contributed by atoms with E-state index in [9.17, 15) is 5.11 Å². The Morgan fingerprint density at radius 2 is 2.16 bits per heavy atom. The molecule has 4 nitrogen and oxygen atoms in total. The number of nitrogens with zero attached hydrogens (tertiary/aromatic N) is 2. The minimum Gasteiger partial charge on any atom is -0.491 e. The van der Waals surface area contributed by atoms with Gasteiger partial charge >= 0.3 is 0 Å². The van der Waals surface area contributed by atoms with Crippen LogP contribution < -0.4 is 4.74 Å². The van der Waals surface area contributed by atoms with E-state index < -0.39 is 6.10 Å². The Kier molecular flexibility index (Phi) is 4.22. The molecular formula is C15H20N2O2. The van der Waals surface area contributed by atoms with Crippen LogP contribution in [0.2, 0.25) is 0 Å². The van der Waals surface area contributed by atoms with Gasteiger partial charge in [0.05, 0.1) is 12.6 Å². The summed E-state index contributed by atoms with van der Waals surface area (Å²) in [6, 6.07) is 5.87. The number of imidazole rings is 1. The molecule has 0 fully saturated rings. The second-order valence-electron chi connectivity index (χ2n) is 4.73. The first-order valence-electron chi connectivity index (χ1n) is 6.47. The van der Waals surface area contributed by atoms with Gasteiger partial charge in [-0.1, -0.05) is 11.6 Å². The maximum atomic E-state index is 9.76. The van der Waals surface area contributed by atoms with Crippen LogP contribution in [-0.4, -0.2) is 21.3 Å². The zero-order chi connectivity index (χ0) is 13.8. The fourth-order valence-electron chi connectivity index (χ4n) is 2.02. The Balaban J connectivity index is 2.01. The van der Waals surface area contributed by atoms with E-state index in [1.165, 1.54) is 0 Å². The first-order valence-corrected chi connectivity index (χ1v) is 6.47. The van der Waals surface area contributed by atoms with E-state index in [1.54, 1.807) is 13.1 Å². The Labute approximate surface area is 113 Å². The van der Waals surface area contributed by atoms with E-state index in [0.29, 0.717) is 6.61 Å².